The zero-order valence-electron chi connectivity index (χ0n) is 10.8. The van der Waals surface area contributed by atoms with Gasteiger partial charge in [-0.1, -0.05) is 0 Å². The first-order chi connectivity index (χ1) is 9.27. The topological polar surface area (TPSA) is 51.2 Å². The van der Waals surface area contributed by atoms with Crippen LogP contribution in [-0.2, 0) is 19.2 Å². The molecule has 0 aromatic heterocycles. The summed E-state index contributed by atoms with van der Waals surface area (Å²) in [6.45, 7) is 1.86. The van der Waals surface area contributed by atoms with Crippen molar-refractivity contribution < 1.29 is 19.2 Å². The first-order valence-corrected chi connectivity index (χ1v) is 7.39. The lowest BCUT2D eigenvalue weighted by molar-refractivity contribution is -0.325. The van der Waals surface area contributed by atoms with Gasteiger partial charge in [-0.3, -0.25) is 9.63 Å². The molecule has 5 aliphatic heterocycles. The third kappa shape index (κ3) is 1.28. The van der Waals surface area contributed by atoms with Gasteiger partial charge in [0.1, 0.15) is 5.92 Å². The lowest BCUT2D eigenvalue weighted by Gasteiger charge is -2.28. The third-order valence-corrected chi connectivity index (χ3v) is 5.33. The van der Waals surface area contributed by atoms with Crippen LogP contribution < -0.4 is 0 Å². The second-order valence-electron chi connectivity index (χ2n) is 6.37. The molecule has 6 heteroatoms. The molecule has 5 aliphatic rings. The molecule has 5 saturated heterocycles. The van der Waals surface area contributed by atoms with Crippen molar-refractivity contribution in [1.82, 2.24) is 10.1 Å². The second kappa shape index (κ2) is 3.49. The third-order valence-electron chi connectivity index (χ3n) is 5.33. The molecule has 0 saturated carbocycles. The maximum absolute atomic E-state index is 12.3. The number of hydrogen-bond donors (Lipinski definition) is 0. The minimum atomic E-state index is -0.836. The molecule has 0 unspecified atom stereocenters. The summed E-state index contributed by atoms with van der Waals surface area (Å²) in [5, 5.41) is 3.99. The van der Waals surface area contributed by atoms with Crippen LogP contribution in [0.5, 0.6) is 0 Å². The summed E-state index contributed by atoms with van der Waals surface area (Å²) in [5.41, 5.74) is 0. The highest BCUT2D eigenvalue weighted by molar-refractivity contribution is 5.77. The first-order valence-electron chi connectivity index (χ1n) is 7.39. The van der Waals surface area contributed by atoms with Gasteiger partial charge in [0.15, 0.2) is 6.10 Å². The molecule has 19 heavy (non-hydrogen) atoms. The fourth-order valence-corrected chi connectivity index (χ4v) is 4.53. The summed E-state index contributed by atoms with van der Waals surface area (Å²) in [6, 6.07) is 0.599. The average molecular weight is 266 g/mol. The summed E-state index contributed by atoms with van der Waals surface area (Å²) in [7, 11) is 0. The van der Waals surface area contributed by atoms with E-state index in [4.69, 9.17) is 14.4 Å². The van der Waals surface area contributed by atoms with Crippen LogP contribution in [0.1, 0.15) is 32.1 Å². The Hall–Kier alpha value is -0.690. The molecular weight excluding hydrogens is 248 g/mol. The molecule has 0 radical (unpaired) electrons. The lowest BCUT2D eigenvalue weighted by atomic mass is 9.89. The van der Waals surface area contributed by atoms with Crippen LogP contribution in [0.2, 0.25) is 0 Å². The van der Waals surface area contributed by atoms with Crippen LogP contribution in [-0.4, -0.2) is 53.2 Å². The van der Waals surface area contributed by atoms with Gasteiger partial charge in [0.25, 0.3) is 5.79 Å². The van der Waals surface area contributed by atoms with E-state index in [-0.39, 0.29) is 24.0 Å². The van der Waals surface area contributed by atoms with E-state index in [0.717, 1.165) is 38.8 Å². The lowest BCUT2D eigenvalue weighted by Crippen LogP contribution is -2.43. The predicted molar refractivity (Wildman–Crippen MR) is 62.3 cm³/mol. The Bertz CT molecular complexity index is 430. The predicted octanol–water partition coefficient (Wildman–Crippen LogP) is 0.434. The van der Waals surface area contributed by atoms with Crippen molar-refractivity contribution in [3.8, 4) is 0 Å². The average Bonchev–Trinajstić information content (AvgIpc) is 3.06. The summed E-state index contributed by atoms with van der Waals surface area (Å²) < 4.78 is 5.67. The van der Waals surface area contributed by atoms with E-state index in [9.17, 15) is 4.79 Å². The Morgan fingerprint density at radius 3 is 2.89 bits per heavy atom. The van der Waals surface area contributed by atoms with Gasteiger partial charge in [-0.05, 0) is 25.7 Å². The minimum Gasteiger partial charge on any atom is -0.428 e. The molecule has 0 aromatic carbocycles. The van der Waals surface area contributed by atoms with E-state index in [1.807, 2.05) is 10.1 Å². The number of ether oxygens (including phenoxy) is 1. The Kier molecular flexibility index (Phi) is 2.03. The van der Waals surface area contributed by atoms with E-state index >= 15 is 0 Å². The number of fused-ring (bicyclic) bond motifs is 5. The van der Waals surface area contributed by atoms with Crippen molar-refractivity contribution in [2.24, 2.45) is 5.92 Å². The van der Waals surface area contributed by atoms with Crippen molar-refractivity contribution in [2.75, 3.05) is 13.1 Å². The standard InChI is InChI=1S/C13H18N2O4/c16-12-10-9-4-2-6-15(9)18-11(10)13(17-12)7-8-3-1-5-14(8)19-13/h8-11H,1-7H2/t8-,9+,10+,11-,13-/m1/s1. The zero-order valence-corrected chi connectivity index (χ0v) is 10.8. The molecule has 0 aromatic rings. The zero-order chi connectivity index (χ0) is 12.6. The number of hydroxylamine groups is 4. The number of carbonyl (C=O) groups is 1. The molecule has 1 spiro atoms. The maximum atomic E-state index is 12.3. The molecule has 104 valence electrons. The van der Waals surface area contributed by atoms with E-state index in [1.54, 1.807) is 0 Å². The maximum Gasteiger partial charge on any atom is 0.316 e. The molecule has 0 N–H and O–H groups in total. The van der Waals surface area contributed by atoms with Crippen molar-refractivity contribution in [3.05, 3.63) is 0 Å². The molecular formula is C13H18N2O4. The van der Waals surface area contributed by atoms with Crippen LogP contribution in [0.3, 0.4) is 0 Å². The Balaban J connectivity index is 1.48. The van der Waals surface area contributed by atoms with Gasteiger partial charge in [-0.2, -0.15) is 10.1 Å². The fourth-order valence-electron chi connectivity index (χ4n) is 4.53. The molecule has 6 nitrogen and oxygen atoms in total. The SMILES string of the molecule is O=C1O[C@@]2(C[C@H]3CCCN3O2)[C@@H]2ON3CCC[C@H]3[C@H]12. The first kappa shape index (κ1) is 11.0. The quantitative estimate of drug-likeness (QED) is 0.593. The van der Waals surface area contributed by atoms with Crippen LogP contribution in [0, 0.1) is 5.92 Å². The monoisotopic (exact) mass is 266 g/mol. The minimum absolute atomic E-state index is 0.124. The highest BCUT2D eigenvalue weighted by Crippen LogP contribution is 2.52. The van der Waals surface area contributed by atoms with Crippen molar-refractivity contribution in [1.29, 1.82) is 0 Å². The van der Waals surface area contributed by atoms with E-state index < -0.39 is 5.79 Å². The Labute approximate surface area is 111 Å². The molecule has 5 fully saturated rings. The van der Waals surface area contributed by atoms with Crippen LogP contribution in [0.4, 0.5) is 0 Å². The summed E-state index contributed by atoms with van der Waals surface area (Å²) in [4.78, 5) is 24.3. The number of esters is 1. The second-order valence-corrected chi connectivity index (χ2v) is 6.37. The molecule has 0 bridgehead atoms. The largest absolute Gasteiger partial charge is 0.428 e. The van der Waals surface area contributed by atoms with E-state index in [1.165, 1.54) is 6.42 Å². The van der Waals surface area contributed by atoms with Crippen LogP contribution in [0.15, 0.2) is 0 Å². The normalized spacial score (nSPS) is 52.7. The summed E-state index contributed by atoms with van der Waals surface area (Å²) >= 11 is 0. The van der Waals surface area contributed by atoms with Crippen molar-refractivity contribution >= 4 is 5.97 Å². The van der Waals surface area contributed by atoms with Crippen LogP contribution >= 0.6 is 0 Å². The van der Waals surface area contributed by atoms with Gasteiger partial charge in [-0.25, -0.2) is 4.84 Å². The summed E-state index contributed by atoms with van der Waals surface area (Å²) in [6.07, 6.45) is 4.95. The van der Waals surface area contributed by atoms with E-state index in [2.05, 4.69) is 0 Å². The Morgan fingerprint density at radius 1 is 1.16 bits per heavy atom. The highest BCUT2D eigenvalue weighted by atomic mass is 16.9. The van der Waals surface area contributed by atoms with Gasteiger partial charge in [0, 0.05) is 25.6 Å². The molecule has 5 rings (SSSR count). The molecule has 5 atom stereocenters. The highest BCUT2D eigenvalue weighted by Gasteiger charge is 2.70. The smallest absolute Gasteiger partial charge is 0.316 e. The van der Waals surface area contributed by atoms with Gasteiger partial charge in [0.2, 0.25) is 0 Å². The van der Waals surface area contributed by atoms with Crippen molar-refractivity contribution in [3.63, 3.8) is 0 Å². The molecule has 5 heterocycles. The number of nitrogens with zero attached hydrogens (tertiary/aromatic N) is 2. The number of carbonyl (C=O) groups excluding carboxylic acids is 1. The van der Waals surface area contributed by atoms with E-state index in [0.29, 0.717) is 6.04 Å². The summed E-state index contributed by atoms with van der Waals surface area (Å²) in [5.74, 6) is -1.11. The van der Waals surface area contributed by atoms with Gasteiger partial charge in [0.05, 0.1) is 6.04 Å². The van der Waals surface area contributed by atoms with Gasteiger partial charge < -0.3 is 4.74 Å². The fraction of sp³-hybridized carbons (Fsp3) is 0.923. The van der Waals surface area contributed by atoms with Gasteiger partial charge in [-0.15, -0.1) is 0 Å². The van der Waals surface area contributed by atoms with Crippen LogP contribution in [0.25, 0.3) is 0 Å². The number of rotatable bonds is 0. The molecule has 0 aliphatic carbocycles. The van der Waals surface area contributed by atoms with Crippen molar-refractivity contribution in [2.45, 2.75) is 56.1 Å². The number of hydrogen-bond acceptors (Lipinski definition) is 6. The molecule has 0 amide bonds. The Morgan fingerprint density at radius 2 is 2.00 bits per heavy atom. The van der Waals surface area contributed by atoms with Gasteiger partial charge >= 0.3 is 5.97 Å².